The highest BCUT2D eigenvalue weighted by molar-refractivity contribution is 6.30. The summed E-state index contributed by atoms with van der Waals surface area (Å²) < 4.78 is 0. The predicted octanol–water partition coefficient (Wildman–Crippen LogP) is 3.35. The van der Waals surface area contributed by atoms with Crippen LogP contribution in [0.3, 0.4) is 0 Å². The highest BCUT2D eigenvalue weighted by Gasteiger charge is 2.11. The summed E-state index contributed by atoms with van der Waals surface area (Å²) in [5.41, 5.74) is 4.80. The molecule has 0 radical (unpaired) electrons. The summed E-state index contributed by atoms with van der Waals surface area (Å²) in [6.45, 7) is 6.51. The van der Waals surface area contributed by atoms with Gasteiger partial charge in [-0.25, -0.2) is 0 Å². The van der Waals surface area contributed by atoms with Gasteiger partial charge in [-0.3, -0.25) is 9.88 Å². The van der Waals surface area contributed by atoms with Crippen LogP contribution in [0, 0.1) is 13.8 Å². The van der Waals surface area contributed by atoms with Crippen LogP contribution < -0.4 is 0 Å². The minimum absolute atomic E-state index is 0.145. The van der Waals surface area contributed by atoms with Crippen LogP contribution >= 0.6 is 11.6 Å². The Morgan fingerprint density at radius 2 is 1.90 bits per heavy atom. The SMILES string of the molecule is Cc1cc(Cl)cc(C)c1CN(CCO)Cc1cccnc1. The number of nitrogens with zero attached hydrogens (tertiary/aromatic N) is 2. The molecule has 0 spiro atoms. The fourth-order valence-electron chi connectivity index (χ4n) is 2.52. The van der Waals surface area contributed by atoms with Gasteiger partial charge in [-0.05, 0) is 54.3 Å². The number of rotatable bonds is 6. The van der Waals surface area contributed by atoms with Crippen LogP contribution in [0.15, 0.2) is 36.7 Å². The number of aliphatic hydroxyl groups is 1. The van der Waals surface area contributed by atoms with E-state index in [9.17, 15) is 5.11 Å². The summed E-state index contributed by atoms with van der Waals surface area (Å²) >= 11 is 6.09. The monoisotopic (exact) mass is 304 g/mol. The molecule has 2 aromatic rings. The summed E-state index contributed by atoms with van der Waals surface area (Å²) in [4.78, 5) is 6.37. The van der Waals surface area contributed by atoms with Crippen LogP contribution in [0.5, 0.6) is 0 Å². The van der Waals surface area contributed by atoms with Crippen molar-refractivity contribution < 1.29 is 5.11 Å². The Kier molecular flexibility index (Phi) is 5.74. The molecule has 112 valence electrons. The van der Waals surface area contributed by atoms with Crippen molar-refractivity contribution in [2.75, 3.05) is 13.2 Å². The van der Waals surface area contributed by atoms with Crippen LogP contribution in [0.2, 0.25) is 5.02 Å². The lowest BCUT2D eigenvalue weighted by Gasteiger charge is -2.23. The number of hydrogen-bond donors (Lipinski definition) is 1. The molecule has 1 heterocycles. The molecule has 2 rings (SSSR count). The Balaban J connectivity index is 2.17. The molecule has 0 aliphatic carbocycles. The zero-order valence-corrected chi connectivity index (χ0v) is 13.3. The maximum atomic E-state index is 9.30. The van der Waals surface area contributed by atoms with E-state index in [1.54, 1.807) is 6.20 Å². The molecule has 21 heavy (non-hydrogen) atoms. The van der Waals surface area contributed by atoms with E-state index in [-0.39, 0.29) is 6.61 Å². The zero-order valence-electron chi connectivity index (χ0n) is 12.5. The number of pyridine rings is 1. The average Bonchev–Trinajstić information content (AvgIpc) is 2.44. The first-order chi connectivity index (χ1) is 10.1. The molecular weight excluding hydrogens is 284 g/mol. The second-order valence-corrected chi connectivity index (χ2v) is 5.75. The van der Waals surface area contributed by atoms with Gasteiger partial charge in [0, 0.05) is 37.1 Å². The highest BCUT2D eigenvalue weighted by Crippen LogP contribution is 2.22. The van der Waals surface area contributed by atoms with Crippen molar-refractivity contribution in [2.45, 2.75) is 26.9 Å². The quantitative estimate of drug-likeness (QED) is 0.889. The van der Waals surface area contributed by atoms with E-state index >= 15 is 0 Å². The van der Waals surface area contributed by atoms with Crippen molar-refractivity contribution >= 4 is 11.6 Å². The second kappa shape index (κ2) is 7.55. The summed E-state index contributed by atoms with van der Waals surface area (Å²) in [5.74, 6) is 0. The van der Waals surface area contributed by atoms with E-state index in [1.807, 2.05) is 24.4 Å². The number of aromatic nitrogens is 1. The molecule has 0 aliphatic heterocycles. The Bertz CT molecular complexity index is 564. The summed E-state index contributed by atoms with van der Waals surface area (Å²) in [6, 6.07) is 7.97. The molecule has 1 aromatic heterocycles. The Hall–Kier alpha value is -1.42. The summed E-state index contributed by atoms with van der Waals surface area (Å²) in [6.07, 6.45) is 3.64. The topological polar surface area (TPSA) is 36.4 Å². The van der Waals surface area contributed by atoms with Crippen molar-refractivity contribution in [1.82, 2.24) is 9.88 Å². The molecule has 0 bridgehead atoms. The third-order valence-corrected chi connectivity index (χ3v) is 3.81. The number of aliphatic hydroxyl groups excluding tert-OH is 1. The Morgan fingerprint density at radius 3 is 2.48 bits per heavy atom. The van der Waals surface area contributed by atoms with Gasteiger partial charge in [0.15, 0.2) is 0 Å². The van der Waals surface area contributed by atoms with Gasteiger partial charge in [-0.2, -0.15) is 0 Å². The van der Waals surface area contributed by atoms with Crippen molar-refractivity contribution in [3.05, 3.63) is 63.9 Å². The van der Waals surface area contributed by atoms with Gasteiger partial charge in [0.05, 0.1) is 6.61 Å². The lowest BCUT2D eigenvalue weighted by Crippen LogP contribution is -2.26. The molecule has 1 aromatic carbocycles. The van der Waals surface area contributed by atoms with Gasteiger partial charge >= 0.3 is 0 Å². The number of halogens is 1. The van der Waals surface area contributed by atoms with Crippen molar-refractivity contribution in [3.63, 3.8) is 0 Å². The van der Waals surface area contributed by atoms with Crippen LogP contribution in [0.25, 0.3) is 0 Å². The Morgan fingerprint density at radius 1 is 1.19 bits per heavy atom. The van der Waals surface area contributed by atoms with Crippen LogP contribution in [-0.2, 0) is 13.1 Å². The van der Waals surface area contributed by atoms with Gasteiger partial charge in [-0.15, -0.1) is 0 Å². The van der Waals surface area contributed by atoms with Gasteiger partial charge in [0.1, 0.15) is 0 Å². The second-order valence-electron chi connectivity index (χ2n) is 5.31. The smallest absolute Gasteiger partial charge is 0.0558 e. The minimum Gasteiger partial charge on any atom is -0.395 e. The van der Waals surface area contributed by atoms with Crippen molar-refractivity contribution in [3.8, 4) is 0 Å². The van der Waals surface area contributed by atoms with Gasteiger partial charge in [-0.1, -0.05) is 17.7 Å². The van der Waals surface area contributed by atoms with Gasteiger partial charge < -0.3 is 5.11 Å². The lowest BCUT2D eigenvalue weighted by molar-refractivity contribution is 0.183. The lowest BCUT2D eigenvalue weighted by atomic mass is 10.0. The molecule has 0 aliphatic rings. The fourth-order valence-corrected chi connectivity index (χ4v) is 2.85. The third kappa shape index (κ3) is 4.53. The van der Waals surface area contributed by atoms with E-state index in [2.05, 4.69) is 29.8 Å². The highest BCUT2D eigenvalue weighted by atomic mass is 35.5. The maximum absolute atomic E-state index is 9.30. The van der Waals surface area contributed by atoms with Crippen molar-refractivity contribution in [1.29, 1.82) is 0 Å². The molecule has 0 unspecified atom stereocenters. The molecule has 0 fully saturated rings. The van der Waals surface area contributed by atoms with Crippen molar-refractivity contribution in [2.24, 2.45) is 0 Å². The van der Waals surface area contributed by atoms with Gasteiger partial charge in [0.25, 0.3) is 0 Å². The molecular formula is C17H21ClN2O. The number of hydrogen-bond acceptors (Lipinski definition) is 3. The van der Waals surface area contributed by atoms with Gasteiger partial charge in [0.2, 0.25) is 0 Å². The minimum atomic E-state index is 0.145. The van der Waals surface area contributed by atoms with Crippen LogP contribution in [0.4, 0.5) is 0 Å². The molecule has 3 nitrogen and oxygen atoms in total. The molecule has 0 saturated heterocycles. The number of benzene rings is 1. The first kappa shape index (κ1) is 16.0. The van der Waals surface area contributed by atoms with E-state index in [4.69, 9.17) is 11.6 Å². The number of aryl methyl sites for hydroxylation is 2. The van der Waals surface area contributed by atoms with E-state index in [1.165, 1.54) is 16.7 Å². The zero-order chi connectivity index (χ0) is 15.2. The van der Waals surface area contributed by atoms with E-state index in [0.29, 0.717) is 6.54 Å². The first-order valence-electron chi connectivity index (χ1n) is 7.08. The predicted molar refractivity (Wildman–Crippen MR) is 86.4 cm³/mol. The average molecular weight is 305 g/mol. The third-order valence-electron chi connectivity index (χ3n) is 3.59. The van der Waals surface area contributed by atoms with Crippen LogP contribution in [-0.4, -0.2) is 28.1 Å². The summed E-state index contributed by atoms with van der Waals surface area (Å²) in [7, 11) is 0. The standard InChI is InChI=1S/C17H21ClN2O/c1-13-8-16(18)9-14(2)17(13)12-20(6-7-21)11-15-4-3-5-19-10-15/h3-5,8-10,21H,6-7,11-12H2,1-2H3. The largest absolute Gasteiger partial charge is 0.395 e. The first-order valence-corrected chi connectivity index (χ1v) is 7.45. The molecule has 1 N–H and O–H groups in total. The van der Waals surface area contributed by atoms with Crippen LogP contribution in [0.1, 0.15) is 22.3 Å². The molecule has 0 atom stereocenters. The fraction of sp³-hybridized carbons (Fsp3) is 0.353. The summed E-state index contributed by atoms with van der Waals surface area (Å²) in [5, 5.41) is 10.1. The van der Waals surface area contributed by atoms with E-state index in [0.717, 1.165) is 23.7 Å². The Labute approximate surface area is 131 Å². The molecule has 4 heteroatoms. The molecule has 0 saturated carbocycles. The van der Waals surface area contributed by atoms with E-state index < -0.39 is 0 Å². The maximum Gasteiger partial charge on any atom is 0.0558 e. The molecule has 0 amide bonds. The normalized spacial score (nSPS) is 11.1.